The molecule has 0 aromatic heterocycles. The number of thiocarbonyl (C=S) groups is 1. The molecule has 1 aromatic rings. The monoisotopic (exact) mass is 361 g/mol. The zero-order chi connectivity index (χ0) is 18.7. The zero-order valence-electron chi connectivity index (χ0n) is 16.7. The second kappa shape index (κ2) is 8.05. The molecule has 1 heterocycles. The molecule has 0 atom stereocenters. The van der Waals surface area contributed by atoms with Gasteiger partial charge in [-0.25, -0.2) is 0 Å². The molecule has 0 radical (unpaired) electrons. The molecule has 1 saturated heterocycles. The topological polar surface area (TPSA) is 27.3 Å². The van der Waals surface area contributed by atoms with E-state index in [1.807, 2.05) is 0 Å². The molecule has 1 fully saturated rings. The second-order valence-corrected chi connectivity index (χ2v) is 9.53. The molecule has 0 unspecified atom stereocenters. The van der Waals surface area contributed by atoms with Gasteiger partial charge in [-0.2, -0.15) is 0 Å². The van der Waals surface area contributed by atoms with Gasteiger partial charge in [0.25, 0.3) is 0 Å². The molecule has 1 aromatic carbocycles. The summed E-state index contributed by atoms with van der Waals surface area (Å²) in [4.78, 5) is 2.41. The van der Waals surface area contributed by atoms with E-state index >= 15 is 0 Å². The van der Waals surface area contributed by atoms with Crippen LogP contribution in [-0.4, -0.2) is 33.7 Å². The summed E-state index contributed by atoms with van der Waals surface area (Å²) < 4.78 is 0. The van der Waals surface area contributed by atoms with Gasteiger partial charge < -0.3 is 15.5 Å². The van der Waals surface area contributed by atoms with Gasteiger partial charge >= 0.3 is 0 Å². The van der Waals surface area contributed by atoms with Crippen molar-refractivity contribution in [1.29, 1.82) is 0 Å². The standard InChI is InChI=1S/C21H35N3S/c1-16(2)14-22-19(25)24(15-17-10-8-7-9-11-17)18-12-20(3,4)23-21(5,6)13-18/h7-11,16,18,23H,12-15H2,1-6H3,(H,22,25). The van der Waals surface area contributed by atoms with E-state index in [-0.39, 0.29) is 11.1 Å². The van der Waals surface area contributed by atoms with Crippen LogP contribution in [0.1, 0.15) is 59.9 Å². The van der Waals surface area contributed by atoms with Gasteiger partial charge in [0.05, 0.1) is 0 Å². The van der Waals surface area contributed by atoms with Gasteiger partial charge in [0, 0.05) is 30.2 Å². The van der Waals surface area contributed by atoms with Crippen molar-refractivity contribution in [2.24, 2.45) is 5.92 Å². The lowest BCUT2D eigenvalue weighted by Gasteiger charge is -2.50. The van der Waals surface area contributed by atoms with Crippen molar-refractivity contribution in [3.8, 4) is 0 Å². The van der Waals surface area contributed by atoms with Crippen LogP contribution < -0.4 is 10.6 Å². The van der Waals surface area contributed by atoms with Gasteiger partial charge in [0.1, 0.15) is 0 Å². The van der Waals surface area contributed by atoms with Crippen molar-refractivity contribution in [1.82, 2.24) is 15.5 Å². The maximum Gasteiger partial charge on any atom is 0.169 e. The molecular formula is C21H35N3S. The van der Waals surface area contributed by atoms with Gasteiger partial charge in [-0.1, -0.05) is 44.2 Å². The van der Waals surface area contributed by atoms with Crippen LogP contribution in [-0.2, 0) is 6.54 Å². The number of piperidine rings is 1. The number of nitrogens with one attached hydrogen (secondary N) is 2. The molecule has 1 aliphatic heterocycles. The van der Waals surface area contributed by atoms with Crippen molar-refractivity contribution >= 4 is 17.3 Å². The smallest absolute Gasteiger partial charge is 0.169 e. The first-order valence-electron chi connectivity index (χ1n) is 9.46. The number of nitrogens with zero attached hydrogens (tertiary/aromatic N) is 1. The van der Waals surface area contributed by atoms with Gasteiger partial charge in [-0.05, 0) is 64.2 Å². The third-order valence-electron chi connectivity index (χ3n) is 4.73. The summed E-state index contributed by atoms with van der Waals surface area (Å²) in [5.41, 5.74) is 1.52. The molecule has 0 saturated carbocycles. The second-order valence-electron chi connectivity index (χ2n) is 9.15. The van der Waals surface area contributed by atoms with Crippen LogP contribution in [0.5, 0.6) is 0 Å². The first kappa shape index (κ1) is 20.2. The van der Waals surface area contributed by atoms with Gasteiger partial charge in [-0.3, -0.25) is 0 Å². The van der Waals surface area contributed by atoms with Crippen LogP contribution in [0.15, 0.2) is 30.3 Å². The summed E-state index contributed by atoms with van der Waals surface area (Å²) in [5.74, 6) is 0.581. The summed E-state index contributed by atoms with van der Waals surface area (Å²) in [6, 6.07) is 11.1. The van der Waals surface area contributed by atoms with Crippen LogP contribution in [0.25, 0.3) is 0 Å². The molecular weight excluding hydrogens is 326 g/mol. The summed E-state index contributed by atoms with van der Waals surface area (Å²) in [6.07, 6.45) is 2.18. The van der Waals surface area contributed by atoms with Crippen molar-refractivity contribution < 1.29 is 0 Å². The fourth-order valence-corrected chi connectivity index (χ4v) is 4.33. The Kier molecular flexibility index (Phi) is 6.50. The Morgan fingerprint density at radius 1 is 1.16 bits per heavy atom. The Morgan fingerprint density at radius 3 is 2.24 bits per heavy atom. The molecule has 3 nitrogen and oxygen atoms in total. The van der Waals surface area contributed by atoms with Gasteiger partial charge in [0.2, 0.25) is 0 Å². The first-order chi connectivity index (χ1) is 11.6. The summed E-state index contributed by atoms with van der Waals surface area (Å²) in [7, 11) is 0. The van der Waals surface area contributed by atoms with Gasteiger partial charge in [0.15, 0.2) is 5.11 Å². The maximum absolute atomic E-state index is 5.82. The molecule has 140 valence electrons. The third-order valence-corrected chi connectivity index (χ3v) is 5.11. The summed E-state index contributed by atoms with van der Waals surface area (Å²) in [5, 5.41) is 8.16. The highest BCUT2D eigenvalue weighted by Gasteiger charge is 2.40. The van der Waals surface area contributed by atoms with Crippen molar-refractivity contribution in [2.45, 2.75) is 78.0 Å². The number of rotatable bonds is 5. The third kappa shape index (κ3) is 6.27. The minimum Gasteiger partial charge on any atom is -0.362 e. The highest BCUT2D eigenvalue weighted by molar-refractivity contribution is 7.80. The highest BCUT2D eigenvalue weighted by Crippen LogP contribution is 2.32. The van der Waals surface area contributed by atoms with Crippen LogP contribution in [0.2, 0.25) is 0 Å². The summed E-state index contributed by atoms with van der Waals surface area (Å²) in [6.45, 7) is 15.4. The lowest BCUT2D eigenvalue weighted by molar-refractivity contribution is 0.0995. The Morgan fingerprint density at radius 2 is 1.72 bits per heavy atom. The molecule has 4 heteroatoms. The molecule has 0 amide bonds. The minimum absolute atomic E-state index is 0.106. The Hall–Kier alpha value is -1.13. The molecule has 0 bridgehead atoms. The van der Waals surface area contributed by atoms with Crippen molar-refractivity contribution in [2.75, 3.05) is 6.54 Å². The number of hydrogen-bond donors (Lipinski definition) is 2. The Labute approximate surface area is 159 Å². The fraction of sp³-hybridized carbons (Fsp3) is 0.667. The molecule has 0 aliphatic carbocycles. The zero-order valence-corrected chi connectivity index (χ0v) is 17.5. The van der Waals surface area contributed by atoms with E-state index in [9.17, 15) is 0 Å². The molecule has 0 spiro atoms. The van der Waals surface area contributed by atoms with Crippen LogP contribution in [0.4, 0.5) is 0 Å². The minimum atomic E-state index is 0.106. The maximum atomic E-state index is 5.82. The predicted molar refractivity (Wildman–Crippen MR) is 112 cm³/mol. The average molecular weight is 362 g/mol. The van der Waals surface area contributed by atoms with E-state index in [0.29, 0.717) is 12.0 Å². The van der Waals surface area contributed by atoms with E-state index < -0.39 is 0 Å². The van der Waals surface area contributed by atoms with E-state index in [1.54, 1.807) is 0 Å². The Balaban J connectivity index is 2.22. The summed E-state index contributed by atoms with van der Waals surface area (Å²) >= 11 is 5.82. The first-order valence-corrected chi connectivity index (χ1v) is 9.86. The molecule has 2 N–H and O–H groups in total. The Bertz CT molecular complexity index is 550. The average Bonchev–Trinajstić information content (AvgIpc) is 2.48. The molecule has 25 heavy (non-hydrogen) atoms. The van der Waals surface area contributed by atoms with Crippen molar-refractivity contribution in [3.63, 3.8) is 0 Å². The van der Waals surface area contributed by atoms with E-state index in [0.717, 1.165) is 31.0 Å². The number of benzene rings is 1. The van der Waals surface area contributed by atoms with E-state index in [4.69, 9.17) is 12.2 Å². The quantitative estimate of drug-likeness (QED) is 0.764. The normalized spacial score (nSPS) is 19.6. The van der Waals surface area contributed by atoms with Crippen LogP contribution in [0.3, 0.4) is 0 Å². The van der Waals surface area contributed by atoms with Crippen molar-refractivity contribution in [3.05, 3.63) is 35.9 Å². The van der Waals surface area contributed by atoms with E-state index in [2.05, 4.69) is 87.4 Å². The predicted octanol–water partition coefficient (Wildman–Crippen LogP) is 4.33. The van der Waals surface area contributed by atoms with Gasteiger partial charge in [-0.15, -0.1) is 0 Å². The van der Waals surface area contributed by atoms with E-state index in [1.165, 1.54) is 5.56 Å². The largest absolute Gasteiger partial charge is 0.362 e. The molecule has 2 rings (SSSR count). The fourth-order valence-electron chi connectivity index (χ4n) is 4.03. The highest BCUT2D eigenvalue weighted by atomic mass is 32.1. The lowest BCUT2D eigenvalue weighted by Crippen LogP contribution is -2.63. The van der Waals surface area contributed by atoms with Crippen LogP contribution >= 0.6 is 12.2 Å². The molecule has 1 aliphatic rings. The SMILES string of the molecule is CC(C)CNC(=S)N(Cc1ccccc1)C1CC(C)(C)NC(C)(C)C1. The number of hydrogen-bond acceptors (Lipinski definition) is 2. The lowest BCUT2D eigenvalue weighted by atomic mass is 9.79. The van der Waals surface area contributed by atoms with Crippen LogP contribution in [0, 0.1) is 5.92 Å².